The van der Waals surface area contributed by atoms with Crippen LogP contribution in [-0.4, -0.2) is 32.7 Å². The maximum Gasteiger partial charge on any atom is 0.315 e. The fourth-order valence-electron chi connectivity index (χ4n) is 2.44. The number of carbonyl (C=O) groups is 1. The van der Waals surface area contributed by atoms with Crippen LogP contribution in [0.1, 0.15) is 17.5 Å². The van der Waals surface area contributed by atoms with E-state index >= 15 is 0 Å². The van der Waals surface area contributed by atoms with Gasteiger partial charge in [0, 0.05) is 13.1 Å². The van der Waals surface area contributed by atoms with Gasteiger partial charge in [-0.1, -0.05) is 24.3 Å². The smallest absolute Gasteiger partial charge is 0.315 e. The Labute approximate surface area is 157 Å². The number of aryl methyl sites for hydroxylation is 1. The number of benzene rings is 2. The molecule has 0 spiro atoms. The number of ether oxygens (including phenoxy) is 2. The van der Waals surface area contributed by atoms with E-state index in [-0.39, 0.29) is 12.6 Å². The monoisotopic (exact) mass is 378 g/mol. The first kappa shape index (κ1) is 20.5. The number of methoxy groups -OCH3 is 1. The van der Waals surface area contributed by atoms with Gasteiger partial charge in [-0.15, -0.1) is 0 Å². The predicted octanol–water partition coefficient (Wildman–Crippen LogP) is 3.77. The van der Waals surface area contributed by atoms with E-state index < -0.39 is 13.0 Å². The number of hydrogen-bond acceptors (Lipinski definition) is 3. The molecule has 2 rings (SSSR count). The number of amides is 2. The number of hydrogen-bond donors (Lipinski definition) is 2. The van der Waals surface area contributed by atoms with Crippen molar-refractivity contribution in [1.29, 1.82) is 0 Å². The zero-order chi connectivity index (χ0) is 19.5. The van der Waals surface area contributed by atoms with E-state index in [4.69, 9.17) is 9.47 Å². The number of rotatable bonds is 10. The van der Waals surface area contributed by atoms with Crippen LogP contribution in [-0.2, 0) is 13.0 Å². The Morgan fingerprint density at radius 2 is 1.81 bits per heavy atom. The van der Waals surface area contributed by atoms with Gasteiger partial charge in [0.2, 0.25) is 0 Å². The molecule has 0 heterocycles. The van der Waals surface area contributed by atoms with Gasteiger partial charge in [0.05, 0.1) is 7.11 Å². The molecule has 5 nitrogen and oxygen atoms in total. The van der Waals surface area contributed by atoms with Crippen LogP contribution in [0.3, 0.4) is 0 Å². The Kier molecular flexibility index (Phi) is 8.35. The Bertz CT molecular complexity index is 709. The molecule has 0 saturated heterocycles. The molecule has 2 N–H and O–H groups in total. The zero-order valence-electron chi connectivity index (χ0n) is 15.2. The molecule has 0 atom stereocenters. The van der Waals surface area contributed by atoms with Gasteiger partial charge in [-0.3, -0.25) is 0 Å². The molecule has 7 heteroatoms. The minimum Gasteiger partial charge on any atom is -0.497 e. The van der Waals surface area contributed by atoms with Crippen LogP contribution in [0.15, 0.2) is 48.5 Å². The highest BCUT2D eigenvalue weighted by Gasteiger charge is 2.05. The first-order chi connectivity index (χ1) is 13.1. The van der Waals surface area contributed by atoms with Gasteiger partial charge in [-0.25, -0.2) is 13.6 Å². The van der Waals surface area contributed by atoms with Crippen LogP contribution in [0.25, 0.3) is 0 Å². The Morgan fingerprint density at radius 3 is 2.52 bits per heavy atom. The fraction of sp³-hybridized carbons (Fsp3) is 0.350. The average Bonchev–Trinajstić information content (AvgIpc) is 2.69. The number of carbonyl (C=O) groups excluding carboxylic acids is 1. The van der Waals surface area contributed by atoms with E-state index in [2.05, 4.69) is 10.6 Å². The van der Waals surface area contributed by atoms with Crippen molar-refractivity contribution < 1.29 is 23.0 Å². The normalized spacial score (nSPS) is 10.5. The predicted molar refractivity (Wildman–Crippen MR) is 99.5 cm³/mol. The average molecular weight is 378 g/mol. The molecule has 0 aromatic heterocycles. The number of nitrogens with one attached hydrogen (secondary N) is 2. The van der Waals surface area contributed by atoms with Crippen molar-refractivity contribution >= 4 is 6.03 Å². The van der Waals surface area contributed by atoms with Gasteiger partial charge in [0.25, 0.3) is 6.43 Å². The van der Waals surface area contributed by atoms with E-state index in [1.165, 1.54) is 5.56 Å². The lowest BCUT2D eigenvalue weighted by Crippen LogP contribution is -2.35. The first-order valence-corrected chi connectivity index (χ1v) is 8.71. The van der Waals surface area contributed by atoms with E-state index in [1.54, 1.807) is 31.4 Å². The molecule has 2 amide bonds. The van der Waals surface area contributed by atoms with E-state index in [1.807, 2.05) is 24.3 Å². The van der Waals surface area contributed by atoms with Gasteiger partial charge in [0.15, 0.2) is 0 Å². The summed E-state index contributed by atoms with van der Waals surface area (Å²) in [5, 5.41) is 5.53. The molecule has 0 aliphatic rings. The second-order valence-corrected chi connectivity index (χ2v) is 5.91. The maximum absolute atomic E-state index is 12.2. The van der Waals surface area contributed by atoms with Gasteiger partial charge in [0.1, 0.15) is 18.1 Å². The molecule has 2 aromatic carbocycles. The third kappa shape index (κ3) is 7.94. The summed E-state index contributed by atoms with van der Waals surface area (Å²) in [5.41, 5.74) is 1.95. The summed E-state index contributed by atoms with van der Waals surface area (Å²) in [5.74, 6) is 1.18. The summed E-state index contributed by atoms with van der Waals surface area (Å²) in [6.45, 7) is 0.192. The van der Waals surface area contributed by atoms with Gasteiger partial charge >= 0.3 is 6.03 Å². The molecule has 2 aromatic rings. The van der Waals surface area contributed by atoms with Crippen molar-refractivity contribution in [2.24, 2.45) is 0 Å². The molecule has 0 saturated carbocycles. The molecule has 0 aliphatic carbocycles. The van der Waals surface area contributed by atoms with Gasteiger partial charge in [-0.05, 0) is 48.2 Å². The van der Waals surface area contributed by atoms with Crippen LogP contribution < -0.4 is 20.1 Å². The van der Waals surface area contributed by atoms with Crippen molar-refractivity contribution in [1.82, 2.24) is 10.6 Å². The number of halogens is 2. The topological polar surface area (TPSA) is 59.6 Å². The summed E-state index contributed by atoms with van der Waals surface area (Å²) >= 11 is 0. The maximum atomic E-state index is 12.2. The lowest BCUT2D eigenvalue weighted by atomic mass is 10.1. The van der Waals surface area contributed by atoms with E-state index in [9.17, 15) is 13.6 Å². The number of alkyl halides is 2. The highest BCUT2D eigenvalue weighted by molar-refractivity contribution is 5.73. The van der Waals surface area contributed by atoms with Crippen molar-refractivity contribution in [2.75, 3.05) is 20.3 Å². The summed E-state index contributed by atoms with van der Waals surface area (Å²) in [6.07, 6.45) is -0.847. The van der Waals surface area contributed by atoms with Crippen molar-refractivity contribution in [3.05, 3.63) is 59.7 Å². The molecule has 0 bridgehead atoms. The molecule has 0 radical (unpaired) electrons. The van der Waals surface area contributed by atoms with Gasteiger partial charge in [-0.2, -0.15) is 0 Å². The summed E-state index contributed by atoms with van der Waals surface area (Å²) in [4.78, 5) is 11.8. The third-order valence-corrected chi connectivity index (χ3v) is 3.81. The standard InChI is InChI=1S/C20H24F2N2O3/c1-26-17-9-7-15(8-10-17)5-3-11-23-20(25)24-13-16-4-2-6-18(12-16)27-14-19(21)22/h2,4,6-10,12,19H,3,5,11,13-14H2,1H3,(H2,23,24,25). The molecule has 0 fully saturated rings. The molecule has 27 heavy (non-hydrogen) atoms. The second kappa shape index (κ2) is 11.0. The SMILES string of the molecule is COc1ccc(CCCNC(=O)NCc2cccc(OCC(F)F)c2)cc1. The van der Waals surface area contributed by atoms with Crippen LogP contribution in [0.2, 0.25) is 0 Å². The second-order valence-electron chi connectivity index (χ2n) is 5.91. The quantitative estimate of drug-likeness (QED) is 0.619. The number of urea groups is 1. The molecule has 146 valence electrons. The molecular formula is C20H24F2N2O3. The third-order valence-electron chi connectivity index (χ3n) is 3.81. The minimum absolute atomic E-state index is 0.274. The summed E-state index contributed by atoms with van der Waals surface area (Å²) < 4.78 is 34.4. The van der Waals surface area contributed by atoms with Crippen LogP contribution >= 0.6 is 0 Å². The highest BCUT2D eigenvalue weighted by Crippen LogP contribution is 2.14. The van der Waals surface area contributed by atoms with Crippen LogP contribution in [0.5, 0.6) is 11.5 Å². The van der Waals surface area contributed by atoms with Crippen LogP contribution in [0, 0.1) is 0 Å². The molecule has 0 aliphatic heterocycles. The van der Waals surface area contributed by atoms with Crippen molar-refractivity contribution in [2.45, 2.75) is 25.8 Å². The highest BCUT2D eigenvalue weighted by atomic mass is 19.3. The zero-order valence-corrected chi connectivity index (χ0v) is 15.2. The van der Waals surface area contributed by atoms with E-state index in [0.29, 0.717) is 12.3 Å². The van der Waals surface area contributed by atoms with Gasteiger partial charge < -0.3 is 20.1 Å². The Balaban J connectivity index is 1.64. The Morgan fingerprint density at radius 1 is 1.04 bits per heavy atom. The van der Waals surface area contributed by atoms with Crippen LogP contribution in [0.4, 0.5) is 13.6 Å². The first-order valence-electron chi connectivity index (χ1n) is 8.71. The Hall–Kier alpha value is -2.83. The minimum atomic E-state index is -2.52. The largest absolute Gasteiger partial charge is 0.497 e. The lowest BCUT2D eigenvalue weighted by molar-refractivity contribution is 0.0818. The van der Waals surface area contributed by atoms with Crippen molar-refractivity contribution in [3.8, 4) is 11.5 Å². The summed E-state index contributed by atoms with van der Waals surface area (Å²) in [6, 6.07) is 14.3. The molecular weight excluding hydrogens is 354 g/mol. The van der Waals surface area contributed by atoms with Crippen molar-refractivity contribution in [3.63, 3.8) is 0 Å². The lowest BCUT2D eigenvalue weighted by Gasteiger charge is -2.10. The fourth-order valence-corrected chi connectivity index (χ4v) is 2.44. The summed E-state index contributed by atoms with van der Waals surface area (Å²) in [7, 11) is 1.63. The van der Waals surface area contributed by atoms with E-state index in [0.717, 1.165) is 24.2 Å². The molecule has 0 unspecified atom stereocenters.